The number of hydrogen-bond donors (Lipinski definition) is 1. The molecule has 3 rings (SSSR count). The van der Waals surface area contributed by atoms with Crippen molar-refractivity contribution in [2.24, 2.45) is 5.92 Å². The highest BCUT2D eigenvalue weighted by Crippen LogP contribution is 2.35. The van der Waals surface area contributed by atoms with Crippen LogP contribution in [0, 0.1) is 5.92 Å². The number of nitrogens with one attached hydrogen (secondary N) is 1. The lowest BCUT2D eigenvalue weighted by Crippen LogP contribution is -2.44. The Morgan fingerprint density at radius 2 is 1.83 bits per heavy atom. The lowest BCUT2D eigenvalue weighted by atomic mass is 9.89. The highest BCUT2D eigenvalue weighted by Gasteiger charge is 2.31. The van der Waals surface area contributed by atoms with E-state index in [1.807, 2.05) is 6.92 Å². The second-order valence-electron chi connectivity index (χ2n) is 7.12. The molecule has 132 valence electrons. The maximum atomic E-state index is 11.5. The zero-order valence-electron chi connectivity index (χ0n) is 14.7. The van der Waals surface area contributed by atoms with E-state index in [1.54, 1.807) is 0 Å². The molecule has 0 radical (unpaired) electrons. The number of carbonyl (C=O) groups excluding carboxylic acids is 1. The van der Waals surface area contributed by atoms with Gasteiger partial charge in [0.05, 0.1) is 13.2 Å². The van der Waals surface area contributed by atoms with Crippen LogP contribution < -0.4 is 10.2 Å². The Labute approximate surface area is 145 Å². The van der Waals surface area contributed by atoms with E-state index >= 15 is 0 Å². The van der Waals surface area contributed by atoms with Gasteiger partial charge in [-0.25, -0.2) is 0 Å². The summed E-state index contributed by atoms with van der Waals surface area (Å²) in [4.78, 5) is 14.1. The van der Waals surface area contributed by atoms with Gasteiger partial charge in [0.15, 0.2) is 0 Å². The number of hydrogen-bond acceptors (Lipinski definition) is 4. The average molecular weight is 330 g/mol. The molecule has 2 aliphatic carbocycles. The summed E-state index contributed by atoms with van der Waals surface area (Å²) < 4.78 is 4.99. The van der Waals surface area contributed by atoms with Crippen LogP contribution in [0.15, 0.2) is 30.3 Å². The first-order chi connectivity index (χ1) is 11.8. The third kappa shape index (κ3) is 4.97. The van der Waals surface area contributed by atoms with E-state index in [0.29, 0.717) is 25.2 Å². The second kappa shape index (κ2) is 8.52. The summed E-state index contributed by atoms with van der Waals surface area (Å²) in [5, 5.41) is 3.37. The number of ether oxygens (including phenoxy) is 1. The maximum absolute atomic E-state index is 11.5. The Morgan fingerprint density at radius 1 is 1.12 bits per heavy atom. The van der Waals surface area contributed by atoms with Gasteiger partial charge in [-0.1, -0.05) is 18.2 Å². The van der Waals surface area contributed by atoms with Crippen molar-refractivity contribution in [2.45, 2.75) is 57.5 Å². The quantitative estimate of drug-likeness (QED) is 0.742. The van der Waals surface area contributed by atoms with E-state index in [2.05, 4.69) is 40.5 Å². The molecule has 0 saturated heterocycles. The van der Waals surface area contributed by atoms with Crippen LogP contribution in [0.3, 0.4) is 0 Å². The van der Waals surface area contributed by atoms with Gasteiger partial charge in [0, 0.05) is 24.3 Å². The summed E-state index contributed by atoms with van der Waals surface area (Å²) in [7, 11) is 0. The number of carbonyl (C=O) groups is 1. The summed E-state index contributed by atoms with van der Waals surface area (Å²) in [5.74, 6) is 0.754. The Morgan fingerprint density at radius 3 is 2.46 bits per heavy atom. The van der Waals surface area contributed by atoms with Crippen LogP contribution in [0.4, 0.5) is 5.69 Å². The number of esters is 1. The maximum Gasteiger partial charge on any atom is 0.319 e. The van der Waals surface area contributed by atoms with Crippen LogP contribution in [0.25, 0.3) is 0 Å². The van der Waals surface area contributed by atoms with Crippen LogP contribution in [0.5, 0.6) is 0 Å². The highest BCUT2D eigenvalue weighted by molar-refractivity contribution is 5.71. The van der Waals surface area contributed by atoms with Crippen molar-refractivity contribution in [3.63, 3.8) is 0 Å². The Kier molecular flexibility index (Phi) is 6.13. The fraction of sp³-hybridized carbons (Fsp3) is 0.650. The largest absolute Gasteiger partial charge is 0.465 e. The molecule has 0 atom stereocenters. The minimum atomic E-state index is -0.140. The summed E-state index contributed by atoms with van der Waals surface area (Å²) in [6.07, 6.45) is 7.44. The fourth-order valence-corrected chi connectivity index (χ4v) is 3.69. The topological polar surface area (TPSA) is 41.6 Å². The van der Waals surface area contributed by atoms with Gasteiger partial charge in [-0.05, 0) is 63.5 Å². The molecular formula is C20H30N2O2. The van der Waals surface area contributed by atoms with Crippen molar-refractivity contribution >= 4 is 11.7 Å². The number of nitrogens with zero attached hydrogens (tertiary/aromatic N) is 1. The molecule has 2 fully saturated rings. The summed E-state index contributed by atoms with van der Waals surface area (Å²) in [5.41, 5.74) is 1.37. The predicted octanol–water partition coefficient (Wildman–Crippen LogP) is 3.37. The first-order valence-electron chi connectivity index (χ1n) is 9.47. The van der Waals surface area contributed by atoms with Gasteiger partial charge < -0.3 is 15.0 Å². The molecule has 1 aromatic carbocycles. The lowest BCUT2D eigenvalue weighted by Gasteiger charge is -2.39. The number of benzene rings is 1. The molecule has 2 saturated carbocycles. The Hall–Kier alpha value is -1.55. The average Bonchev–Trinajstić information content (AvgIpc) is 3.44. The lowest BCUT2D eigenvalue weighted by molar-refractivity contribution is -0.142. The molecule has 0 heterocycles. The van der Waals surface area contributed by atoms with E-state index < -0.39 is 0 Å². The molecule has 0 aliphatic heterocycles. The van der Waals surface area contributed by atoms with Gasteiger partial charge in [-0.15, -0.1) is 0 Å². The van der Waals surface area contributed by atoms with Crippen LogP contribution in [-0.4, -0.2) is 37.7 Å². The Balaban J connectivity index is 1.50. The van der Waals surface area contributed by atoms with Gasteiger partial charge in [0.2, 0.25) is 0 Å². The second-order valence-corrected chi connectivity index (χ2v) is 7.12. The normalized spacial score (nSPS) is 23.7. The molecule has 1 aromatic rings. The smallest absolute Gasteiger partial charge is 0.319 e. The first-order valence-corrected chi connectivity index (χ1v) is 9.47. The predicted molar refractivity (Wildman–Crippen MR) is 97.2 cm³/mol. The van der Waals surface area contributed by atoms with E-state index in [0.717, 1.165) is 18.8 Å². The Bertz CT molecular complexity index is 508. The minimum Gasteiger partial charge on any atom is -0.465 e. The van der Waals surface area contributed by atoms with Crippen LogP contribution in [0.2, 0.25) is 0 Å². The van der Waals surface area contributed by atoms with E-state index in [1.165, 1.54) is 37.9 Å². The zero-order chi connectivity index (χ0) is 16.8. The van der Waals surface area contributed by atoms with Gasteiger partial charge in [-0.2, -0.15) is 0 Å². The molecule has 4 heteroatoms. The van der Waals surface area contributed by atoms with Gasteiger partial charge >= 0.3 is 5.97 Å². The summed E-state index contributed by atoms with van der Waals surface area (Å²) in [6.45, 7) is 3.85. The van der Waals surface area contributed by atoms with Crippen LogP contribution >= 0.6 is 0 Å². The summed E-state index contributed by atoms with van der Waals surface area (Å²) in [6, 6.07) is 11.9. The molecule has 0 aromatic heterocycles. The minimum absolute atomic E-state index is 0.140. The molecule has 0 amide bonds. The van der Waals surface area contributed by atoms with Crippen molar-refractivity contribution in [1.82, 2.24) is 5.32 Å². The molecule has 4 nitrogen and oxygen atoms in total. The standard InChI is InChI=1S/C20H30N2O2/c1-2-24-20(23)14-21-17-10-12-19(13-11-17)22(15-16-8-9-16)18-6-4-3-5-7-18/h3-7,16-17,19,21H,2,8-15H2,1H3/t17-,19-. The van der Waals surface area contributed by atoms with Gasteiger partial charge in [-0.3, -0.25) is 4.79 Å². The van der Waals surface area contributed by atoms with Crippen LogP contribution in [-0.2, 0) is 9.53 Å². The van der Waals surface area contributed by atoms with E-state index in [-0.39, 0.29) is 5.97 Å². The molecule has 0 unspecified atom stereocenters. The zero-order valence-corrected chi connectivity index (χ0v) is 14.7. The highest BCUT2D eigenvalue weighted by atomic mass is 16.5. The molecule has 2 aliphatic rings. The number of anilines is 1. The number of rotatable bonds is 8. The van der Waals surface area contributed by atoms with Crippen molar-refractivity contribution in [1.29, 1.82) is 0 Å². The SMILES string of the molecule is CCOC(=O)CN[C@H]1CC[C@H](N(CC2CC2)c2ccccc2)CC1. The molecule has 0 spiro atoms. The third-order valence-corrected chi connectivity index (χ3v) is 5.22. The van der Waals surface area contributed by atoms with Crippen molar-refractivity contribution in [2.75, 3.05) is 24.6 Å². The molecule has 1 N–H and O–H groups in total. The van der Waals surface area contributed by atoms with E-state index in [9.17, 15) is 4.79 Å². The first kappa shape index (κ1) is 17.3. The molecule has 24 heavy (non-hydrogen) atoms. The number of para-hydroxylation sites is 1. The van der Waals surface area contributed by atoms with Gasteiger partial charge in [0.1, 0.15) is 0 Å². The van der Waals surface area contributed by atoms with Crippen molar-refractivity contribution < 1.29 is 9.53 Å². The van der Waals surface area contributed by atoms with Crippen molar-refractivity contribution in [3.05, 3.63) is 30.3 Å². The molecular weight excluding hydrogens is 300 g/mol. The third-order valence-electron chi connectivity index (χ3n) is 5.22. The van der Waals surface area contributed by atoms with Gasteiger partial charge in [0.25, 0.3) is 0 Å². The molecule has 0 bridgehead atoms. The fourth-order valence-electron chi connectivity index (χ4n) is 3.69. The monoisotopic (exact) mass is 330 g/mol. The summed E-state index contributed by atoms with van der Waals surface area (Å²) >= 11 is 0. The van der Waals surface area contributed by atoms with E-state index in [4.69, 9.17) is 4.74 Å². The van der Waals surface area contributed by atoms with Crippen molar-refractivity contribution in [3.8, 4) is 0 Å². The van der Waals surface area contributed by atoms with Crippen LogP contribution in [0.1, 0.15) is 45.4 Å².